The van der Waals surface area contributed by atoms with E-state index in [-0.39, 0.29) is 5.56 Å². The van der Waals surface area contributed by atoms with Gasteiger partial charge in [0.15, 0.2) is 6.17 Å². The summed E-state index contributed by atoms with van der Waals surface area (Å²) < 4.78 is 1.42. The maximum atomic E-state index is 13.9. The zero-order valence-electron chi connectivity index (χ0n) is 18.8. The Morgan fingerprint density at radius 3 is 2.67 bits per heavy atom. The van der Waals surface area contributed by atoms with E-state index >= 15 is 0 Å². The molecule has 1 amide bonds. The summed E-state index contributed by atoms with van der Waals surface area (Å²) in [6, 6.07) is 9.49. The highest BCUT2D eigenvalue weighted by Crippen LogP contribution is 2.37. The predicted molar refractivity (Wildman–Crippen MR) is 124 cm³/mol. The highest BCUT2D eigenvalue weighted by atomic mass is 16.6. The molecule has 2 N–H and O–H groups in total. The first-order chi connectivity index (χ1) is 16.1. The molecule has 2 fully saturated rings. The summed E-state index contributed by atoms with van der Waals surface area (Å²) in [7, 11) is 1.38. The van der Waals surface area contributed by atoms with Crippen molar-refractivity contribution in [3.63, 3.8) is 0 Å². The number of pyridine rings is 1. The van der Waals surface area contributed by atoms with E-state index in [0.717, 1.165) is 24.2 Å². The largest absolute Gasteiger partial charge is 0.283 e. The van der Waals surface area contributed by atoms with E-state index in [0.29, 0.717) is 28.4 Å². The number of hydrazine groups is 1. The minimum absolute atomic E-state index is 0.307. The van der Waals surface area contributed by atoms with Gasteiger partial charge in [-0.25, -0.2) is 25.9 Å². The SMILES string of the molecule is CONC(=O)C(NN1CC2CCCC2C1)n1c(=O)c(-c2ccccc2C)cc2cncnc21. The summed E-state index contributed by atoms with van der Waals surface area (Å²) in [5, 5.41) is 2.74. The minimum Gasteiger partial charge on any atom is -0.277 e. The van der Waals surface area contributed by atoms with Crippen LogP contribution in [-0.4, -0.2) is 45.7 Å². The standard InChI is InChI=1S/C24H28N6O3/c1-15-6-3-4-9-19(15)20-10-18-11-25-14-26-21(18)30(24(20)32)22(23(31)28-33-2)27-29-12-16-7-5-8-17(16)13-29/h3-4,6,9-11,14,16-17,22,27H,5,7-8,12-13H2,1-2H3,(H,28,31). The molecule has 0 bridgehead atoms. The van der Waals surface area contributed by atoms with Gasteiger partial charge in [0, 0.05) is 30.2 Å². The smallest absolute Gasteiger partial charge is 0.277 e. The lowest BCUT2D eigenvalue weighted by Crippen LogP contribution is -2.51. The fourth-order valence-electron chi connectivity index (χ4n) is 5.29. The third kappa shape index (κ3) is 4.03. The molecule has 9 nitrogen and oxygen atoms in total. The van der Waals surface area contributed by atoms with Gasteiger partial charge >= 0.3 is 0 Å². The summed E-state index contributed by atoms with van der Waals surface area (Å²) in [5.74, 6) is 0.772. The number of hydroxylamine groups is 1. The van der Waals surface area contributed by atoms with Gasteiger partial charge in [-0.2, -0.15) is 0 Å². The molecule has 1 saturated heterocycles. The first-order valence-electron chi connectivity index (χ1n) is 11.3. The van der Waals surface area contributed by atoms with Crippen LogP contribution < -0.4 is 16.5 Å². The number of nitrogens with one attached hydrogen (secondary N) is 2. The quantitative estimate of drug-likeness (QED) is 0.558. The van der Waals surface area contributed by atoms with Gasteiger partial charge in [-0.1, -0.05) is 30.7 Å². The number of aromatic nitrogens is 3. The number of hydrogen-bond acceptors (Lipinski definition) is 7. The number of amides is 1. The minimum atomic E-state index is -1.03. The molecule has 3 unspecified atom stereocenters. The van der Waals surface area contributed by atoms with Crippen molar-refractivity contribution in [2.24, 2.45) is 11.8 Å². The van der Waals surface area contributed by atoms with E-state index < -0.39 is 12.1 Å². The van der Waals surface area contributed by atoms with E-state index in [1.54, 1.807) is 12.3 Å². The van der Waals surface area contributed by atoms with Crippen LogP contribution in [0.1, 0.15) is 31.0 Å². The summed E-state index contributed by atoms with van der Waals surface area (Å²) in [5.41, 5.74) is 8.06. The second-order valence-corrected chi connectivity index (χ2v) is 8.91. The zero-order valence-corrected chi connectivity index (χ0v) is 18.8. The predicted octanol–water partition coefficient (Wildman–Crippen LogP) is 2.18. The van der Waals surface area contributed by atoms with Crippen LogP contribution in [0.3, 0.4) is 0 Å². The topological polar surface area (TPSA) is 101 Å². The van der Waals surface area contributed by atoms with Crippen molar-refractivity contribution < 1.29 is 9.63 Å². The Balaban J connectivity index is 1.64. The van der Waals surface area contributed by atoms with Crippen LogP contribution in [0.25, 0.3) is 22.2 Å². The van der Waals surface area contributed by atoms with Crippen molar-refractivity contribution in [1.82, 2.24) is 30.4 Å². The molecule has 1 aliphatic heterocycles. The van der Waals surface area contributed by atoms with E-state index in [1.807, 2.05) is 31.2 Å². The summed E-state index contributed by atoms with van der Waals surface area (Å²) in [6.07, 6.45) is 5.68. The van der Waals surface area contributed by atoms with Crippen molar-refractivity contribution in [3.8, 4) is 11.1 Å². The number of carbonyl (C=O) groups excluding carboxylic acids is 1. The Kier molecular flexibility index (Phi) is 5.92. The van der Waals surface area contributed by atoms with E-state index in [2.05, 4.69) is 25.9 Å². The molecule has 0 spiro atoms. The van der Waals surface area contributed by atoms with Gasteiger partial charge in [0.2, 0.25) is 0 Å². The second kappa shape index (κ2) is 9.01. The Morgan fingerprint density at radius 1 is 1.18 bits per heavy atom. The summed E-state index contributed by atoms with van der Waals surface area (Å²) in [4.78, 5) is 40.5. The van der Waals surface area contributed by atoms with Crippen LogP contribution in [0.2, 0.25) is 0 Å². The van der Waals surface area contributed by atoms with Crippen molar-refractivity contribution in [1.29, 1.82) is 0 Å². The molecule has 0 radical (unpaired) electrons. The normalized spacial score (nSPS) is 21.3. The molecule has 33 heavy (non-hydrogen) atoms. The molecular weight excluding hydrogens is 420 g/mol. The molecule has 5 rings (SSSR count). The lowest BCUT2D eigenvalue weighted by molar-refractivity contribution is -0.137. The van der Waals surface area contributed by atoms with Gasteiger partial charge in [-0.05, 0) is 48.8 Å². The number of hydrogen-bond donors (Lipinski definition) is 2. The van der Waals surface area contributed by atoms with Gasteiger partial charge < -0.3 is 0 Å². The van der Waals surface area contributed by atoms with Gasteiger partial charge in [-0.15, -0.1) is 0 Å². The fourth-order valence-corrected chi connectivity index (χ4v) is 5.29. The van der Waals surface area contributed by atoms with E-state index in [9.17, 15) is 9.59 Å². The Bertz CT molecular complexity index is 1230. The van der Waals surface area contributed by atoms with Crippen molar-refractivity contribution in [2.45, 2.75) is 32.4 Å². The van der Waals surface area contributed by atoms with Gasteiger partial charge in [0.1, 0.15) is 12.0 Å². The van der Waals surface area contributed by atoms with Crippen LogP contribution in [-0.2, 0) is 9.63 Å². The molecule has 1 aliphatic carbocycles. The molecule has 1 aromatic carbocycles. The highest BCUT2D eigenvalue weighted by molar-refractivity contribution is 5.85. The Labute approximate surface area is 191 Å². The number of carbonyl (C=O) groups is 1. The second-order valence-electron chi connectivity index (χ2n) is 8.91. The van der Waals surface area contributed by atoms with Crippen molar-refractivity contribution in [2.75, 3.05) is 20.2 Å². The molecular formula is C24H28N6O3. The van der Waals surface area contributed by atoms with Gasteiger partial charge in [0.05, 0.1) is 7.11 Å². The maximum absolute atomic E-state index is 13.9. The number of nitrogens with zero attached hydrogens (tertiary/aromatic N) is 4. The maximum Gasteiger partial charge on any atom is 0.283 e. The summed E-state index contributed by atoms with van der Waals surface area (Å²) >= 11 is 0. The molecule has 3 atom stereocenters. The van der Waals surface area contributed by atoms with Crippen LogP contribution in [0.15, 0.2) is 47.7 Å². The third-order valence-corrected chi connectivity index (χ3v) is 6.87. The molecule has 9 heteroatoms. The van der Waals surface area contributed by atoms with E-state index in [4.69, 9.17) is 4.84 Å². The summed E-state index contributed by atoms with van der Waals surface area (Å²) in [6.45, 7) is 3.66. The Hall–Kier alpha value is -3.14. The molecule has 1 saturated carbocycles. The number of aryl methyl sites for hydroxylation is 1. The first-order valence-corrected chi connectivity index (χ1v) is 11.3. The molecule has 3 aromatic rings. The Morgan fingerprint density at radius 2 is 1.94 bits per heavy atom. The van der Waals surface area contributed by atoms with Crippen molar-refractivity contribution >= 4 is 16.9 Å². The number of fused-ring (bicyclic) bond motifs is 2. The molecule has 2 aromatic heterocycles. The average molecular weight is 449 g/mol. The van der Waals surface area contributed by atoms with Crippen molar-refractivity contribution in [3.05, 3.63) is 58.8 Å². The van der Waals surface area contributed by atoms with Gasteiger partial charge in [-0.3, -0.25) is 19.0 Å². The number of benzene rings is 1. The van der Waals surface area contributed by atoms with Crippen LogP contribution in [0, 0.1) is 18.8 Å². The van der Waals surface area contributed by atoms with Gasteiger partial charge in [0.25, 0.3) is 11.5 Å². The van der Waals surface area contributed by atoms with Crippen LogP contribution in [0.5, 0.6) is 0 Å². The third-order valence-electron chi connectivity index (χ3n) is 6.87. The van der Waals surface area contributed by atoms with Crippen LogP contribution in [0.4, 0.5) is 0 Å². The zero-order chi connectivity index (χ0) is 22.9. The lowest BCUT2D eigenvalue weighted by atomic mass is 10.0. The molecule has 172 valence electrons. The molecule has 2 aliphatic rings. The fraction of sp³-hybridized carbons (Fsp3) is 0.417. The lowest BCUT2D eigenvalue weighted by Gasteiger charge is -2.27. The van der Waals surface area contributed by atoms with Crippen LogP contribution >= 0.6 is 0 Å². The monoisotopic (exact) mass is 448 g/mol. The highest BCUT2D eigenvalue weighted by Gasteiger charge is 2.38. The molecule has 3 heterocycles. The van der Waals surface area contributed by atoms with E-state index in [1.165, 1.54) is 37.3 Å². The average Bonchev–Trinajstić information content (AvgIpc) is 3.40. The first kappa shape index (κ1) is 21.7. The number of rotatable bonds is 6.